The van der Waals surface area contributed by atoms with Gasteiger partial charge in [-0.15, -0.1) is 0 Å². The summed E-state index contributed by atoms with van der Waals surface area (Å²) in [6.07, 6.45) is 0. The molecular formula is C18H17FN4O2S. The number of rotatable bonds is 4. The van der Waals surface area contributed by atoms with E-state index in [2.05, 4.69) is 21.2 Å². The van der Waals surface area contributed by atoms with Gasteiger partial charge in [0.05, 0.1) is 10.2 Å². The van der Waals surface area contributed by atoms with Gasteiger partial charge in [-0.3, -0.25) is 20.4 Å². The molecule has 0 aliphatic rings. The van der Waals surface area contributed by atoms with Crippen LogP contribution in [0.5, 0.6) is 0 Å². The van der Waals surface area contributed by atoms with Crippen LogP contribution in [0, 0.1) is 12.7 Å². The van der Waals surface area contributed by atoms with Crippen LogP contribution in [0.15, 0.2) is 42.5 Å². The van der Waals surface area contributed by atoms with Gasteiger partial charge in [0.25, 0.3) is 11.8 Å². The number of benzene rings is 2. The number of nitrogens with one attached hydrogen (secondary N) is 3. The summed E-state index contributed by atoms with van der Waals surface area (Å²) in [6, 6.07) is 11.2. The van der Waals surface area contributed by atoms with Gasteiger partial charge >= 0.3 is 0 Å². The zero-order chi connectivity index (χ0) is 18.7. The molecule has 6 nitrogen and oxygen atoms in total. The molecule has 0 bridgehead atoms. The van der Waals surface area contributed by atoms with E-state index in [0.29, 0.717) is 10.7 Å². The second kappa shape index (κ2) is 7.49. The molecule has 0 saturated heterocycles. The van der Waals surface area contributed by atoms with E-state index in [-0.39, 0.29) is 5.56 Å². The van der Waals surface area contributed by atoms with Crippen LogP contribution in [0.4, 0.5) is 9.52 Å². The fourth-order valence-electron chi connectivity index (χ4n) is 2.22. The Kier molecular flexibility index (Phi) is 5.13. The first-order valence-electron chi connectivity index (χ1n) is 7.92. The SMILES string of the molecule is Cc1ccc(C(=O)NNC(=O)[C@H](C)Nc2nc3ccccc3s2)cc1F. The molecule has 0 aliphatic carbocycles. The molecule has 0 fully saturated rings. The molecule has 1 heterocycles. The Hall–Kier alpha value is -3.00. The summed E-state index contributed by atoms with van der Waals surface area (Å²) >= 11 is 1.44. The quantitative estimate of drug-likeness (QED) is 0.615. The minimum atomic E-state index is -0.620. The van der Waals surface area contributed by atoms with Crippen LogP contribution >= 0.6 is 11.3 Å². The maximum absolute atomic E-state index is 13.5. The van der Waals surface area contributed by atoms with Gasteiger partial charge in [-0.25, -0.2) is 9.37 Å². The van der Waals surface area contributed by atoms with Crippen LogP contribution in [0.1, 0.15) is 22.8 Å². The molecule has 0 unspecified atom stereocenters. The highest BCUT2D eigenvalue weighted by molar-refractivity contribution is 7.22. The fraction of sp³-hybridized carbons (Fsp3) is 0.167. The normalized spacial score (nSPS) is 11.8. The molecule has 1 atom stereocenters. The van der Waals surface area contributed by atoms with Crippen molar-refractivity contribution in [3.8, 4) is 0 Å². The van der Waals surface area contributed by atoms with E-state index >= 15 is 0 Å². The summed E-state index contributed by atoms with van der Waals surface area (Å²) in [4.78, 5) is 28.5. The van der Waals surface area contributed by atoms with Crippen LogP contribution in [-0.2, 0) is 4.79 Å². The van der Waals surface area contributed by atoms with Crippen molar-refractivity contribution in [2.75, 3.05) is 5.32 Å². The third-order valence-electron chi connectivity index (χ3n) is 3.76. The van der Waals surface area contributed by atoms with Crippen LogP contribution < -0.4 is 16.2 Å². The lowest BCUT2D eigenvalue weighted by Crippen LogP contribution is -2.47. The molecular weight excluding hydrogens is 355 g/mol. The first kappa shape index (κ1) is 17.8. The molecule has 0 spiro atoms. The Morgan fingerprint density at radius 2 is 1.92 bits per heavy atom. The number of hydrogen-bond donors (Lipinski definition) is 3. The topological polar surface area (TPSA) is 83.1 Å². The summed E-state index contributed by atoms with van der Waals surface area (Å²) in [5.74, 6) is -1.51. The average molecular weight is 372 g/mol. The van der Waals surface area contributed by atoms with Gasteiger partial charge in [-0.2, -0.15) is 0 Å². The number of aryl methyl sites for hydroxylation is 1. The number of anilines is 1. The number of para-hydroxylation sites is 1. The molecule has 8 heteroatoms. The number of hydrogen-bond acceptors (Lipinski definition) is 5. The first-order valence-corrected chi connectivity index (χ1v) is 8.74. The van der Waals surface area contributed by atoms with Crippen molar-refractivity contribution >= 4 is 38.5 Å². The van der Waals surface area contributed by atoms with E-state index in [9.17, 15) is 14.0 Å². The number of fused-ring (bicyclic) bond motifs is 1. The second-order valence-electron chi connectivity index (χ2n) is 5.76. The maximum atomic E-state index is 13.5. The Balaban J connectivity index is 1.56. The lowest BCUT2D eigenvalue weighted by molar-refractivity contribution is -0.122. The number of carbonyl (C=O) groups excluding carboxylic acids is 2. The number of halogens is 1. The molecule has 0 aliphatic heterocycles. The molecule has 0 radical (unpaired) electrons. The Bertz CT molecular complexity index is 940. The third-order valence-corrected chi connectivity index (χ3v) is 4.73. The van der Waals surface area contributed by atoms with E-state index in [4.69, 9.17) is 0 Å². The van der Waals surface area contributed by atoms with Crippen LogP contribution in [0.2, 0.25) is 0 Å². The van der Waals surface area contributed by atoms with E-state index in [0.717, 1.165) is 16.3 Å². The lowest BCUT2D eigenvalue weighted by atomic mass is 10.1. The van der Waals surface area contributed by atoms with Crippen molar-refractivity contribution in [3.63, 3.8) is 0 Å². The predicted molar refractivity (Wildman–Crippen MR) is 99.5 cm³/mol. The van der Waals surface area contributed by atoms with E-state index < -0.39 is 23.7 Å². The minimum absolute atomic E-state index is 0.125. The number of aromatic nitrogens is 1. The zero-order valence-electron chi connectivity index (χ0n) is 14.2. The molecule has 0 saturated carbocycles. The minimum Gasteiger partial charge on any atom is -0.350 e. The Labute approximate surface area is 153 Å². The monoisotopic (exact) mass is 372 g/mol. The van der Waals surface area contributed by atoms with Crippen molar-refractivity contribution in [2.45, 2.75) is 19.9 Å². The van der Waals surface area contributed by atoms with Gasteiger partial charge in [0.2, 0.25) is 0 Å². The summed E-state index contributed by atoms with van der Waals surface area (Å²) in [7, 11) is 0. The van der Waals surface area contributed by atoms with Crippen molar-refractivity contribution in [1.29, 1.82) is 0 Å². The summed E-state index contributed by atoms with van der Waals surface area (Å²) < 4.78 is 14.5. The molecule has 26 heavy (non-hydrogen) atoms. The van der Waals surface area contributed by atoms with E-state index in [1.54, 1.807) is 13.8 Å². The maximum Gasteiger partial charge on any atom is 0.269 e. The fourth-order valence-corrected chi connectivity index (χ4v) is 3.17. The molecule has 2 amide bonds. The van der Waals surface area contributed by atoms with Gasteiger partial charge in [-0.05, 0) is 43.7 Å². The summed E-state index contributed by atoms with van der Waals surface area (Å²) in [5, 5.41) is 3.61. The van der Waals surface area contributed by atoms with Gasteiger partial charge in [0, 0.05) is 5.56 Å². The highest BCUT2D eigenvalue weighted by Crippen LogP contribution is 2.25. The number of amides is 2. The summed E-state index contributed by atoms with van der Waals surface area (Å²) in [5.41, 5.74) is 6.02. The molecule has 3 N–H and O–H groups in total. The van der Waals surface area contributed by atoms with Gasteiger partial charge in [0.15, 0.2) is 5.13 Å². The highest BCUT2D eigenvalue weighted by atomic mass is 32.1. The van der Waals surface area contributed by atoms with E-state index in [1.165, 1.54) is 23.5 Å². The number of hydrazine groups is 1. The zero-order valence-corrected chi connectivity index (χ0v) is 15.0. The second-order valence-corrected chi connectivity index (χ2v) is 6.79. The van der Waals surface area contributed by atoms with E-state index in [1.807, 2.05) is 24.3 Å². The van der Waals surface area contributed by atoms with Gasteiger partial charge in [0.1, 0.15) is 11.9 Å². The standard InChI is InChI=1S/C18H17FN4O2S/c1-10-7-8-12(9-13(10)19)17(25)23-22-16(24)11(2)20-18-21-14-5-3-4-6-15(14)26-18/h3-9,11H,1-2H3,(H,20,21)(H,22,24)(H,23,25)/t11-/m0/s1. The Morgan fingerprint density at radius 1 is 1.15 bits per heavy atom. The number of nitrogens with zero attached hydrogens (tertiary/aromatic N) is 1. The van der Waals surface area contributed by atoms with Crippen LogP contribution in [0.3, 0.4) is 0 Å². The third kappa shape index (κ3) is 3.97. The number of thiazole rings is 1. The van der Waals surface area contributed by atoms with Crippen molar-refractivity contribution in [2.24, 2.45) is 0 Å². The van der Waals surface area contributed by atoms with Gasteiger partial charge in [-0.1, -0.05) is 29.5 Å². The smallest absolute Gasteiger partial charge is 0.269 e. The molecule has 2 aromatic carbocycles. The summed E-state index contributed by atoms with van der Waals surface area (Å²) in [6.45, 7) is 3.26. The Morgan fingerprint density at radius 3 is 2.65 bits per heavy atom. The van der Waals surface area contributed by atoms with Crippen molar-refractivity contribution in [1.82, 2.24) is 15.8 Å². The van der Waals surface area contributed by atoms with Crippen molar-refractivity contribution < 1.29 is 14.0 Å². The molecule has 3 rings (SSSR count). The first-order chi connectivity index (χ1) is 12.4. The van der Waals surface area contributed by atoms with Gasteiger partial charge < -0.3 is 5.32 Å². The molecule has 134 valence electrons. The lowest BCUT2D eigenvalue weighted by Gasteiger charge is -2.14. The molecule has 1 aromatic heterocycles. The average Bonchev–Trinajstić information content (AvgIpc) is 3.03. The molecule has 3 aromatic rings. The van der Waals surface area contributed by atoms with Crippen LogP contribution in [-0.4, -0.2) is 22.8 Å². The highest BCUT2D eigenvalue weighted by Gasteiger charge is 2.16. The largest absolute Gasteiger partial charge is 0.350 e. The predicted octanol–water partition coefficient (Wildman–Crippen LogP) is 3.01. The number of carbonyl (C=O) groups is 2. The van der Waals surface area contributed by atoms with Crippen molar-refractivity contribution in [3.05, 3.63) is 59.4 Å². The van der Waals surface area contributed by atoms with Crippen LogP contribution in [0.25, 0.3) is 10.2 Å².